The van der Waals surface area contributed by atoms with E-state index in [2.05, 4.69) is 0 Å². The van der Waals surface area contributed by atoms with Gasteiger partial charge in [0.1, 0.15) is 24.0 Å². The summed E-state index contributed by atoms with van der Waals surface area (Å²) in [6.07, 6.45) is 1.37. The van der Waals surface area contributed by atoms with E-state index in [-0.39, 0.29) is 24.1 Å². The fourth-order valence-electron chi connectivity index (χ4n) is 7.61. The lowest BCUT2D eigenvalue weighted by atomic mass is 9.73. The predicted octanol–water partition coefficient (Wildman–Crippen LogP) is 6.52. The molecule has 0 saturated carbocycles. The zero-order chi connectivity index (χ0) is 31.6. The Morgan fingerprint density at radius 2 is 1.69 bits per heavy atom. The molecule has 45 heavy (non-hydrogen) atoms. The van der Waals surface area contributed by atoms with Crippen LogP contribution in [0, 0.1) is 17.0 Å². The van der Waals surface area contributed by atoms with Gasteiger partial charge >= 0.3 is 5.97 Å². The molecular formula is C35H39F4N3O3. The first kappa shape index (κ1) is 31.4. The van der Waals surface area contributed by atoms with Crippen molar-refractivity contribution in [3.05, 3.63) is 94.6 Å². The molecule has 6 rings (SSSR count). The van der Waals surface area contributed by atoms with Crippen LogP contribution in [0.1, 0.15) is 54.0 Å². The lowest BCUT2D eigenvalue weighted by Crippen LogP contribution is -2.53. The Labute approximate surface area is 261 Å². The third-order valence-electron chi connectivity index (χ3n) is 9.53. The summed E-state index contributed by atoms with van der Waals surface area (Å²) < 4.78 is 65.6. The van der Waals surface area contributed by atoms with Crippen LogP contribution in [0.4, 0.5) is 23.2 Å². The van der Waals surface area contributed by atoms with Gasteiger partial charge in [-0.1, -0.05) is 36.4 Å². The predicted molar refractivity (Wildman–Crippen MR) is 164 cm³/mol. The van der Waals surface area contributed by atoms with Gasteiger partial charge in [0.25, 0.3) is 6.43 Å². The van der Waals surface area contributed by atoms with E-state index in [0.717, 1.165) is 43.4 Å². The molecule has 1 spiro atoms. The van der Waals surface area contributed by atoms with Crippen molar-refractivity contribution >= 4 is 11.7 Å². The minimum Gasteiger partial charge on any atom is -0.489 e. The smallest absolute Gasteiger partial charge is 0.317 e. The molecule has 0 amide bonds. The van der Waals surface area contributed by atoms with Gasteiger partial charge in [0.15, 0.2) is 0 Å². The van der Waals surface area contributed by atoms with Gasteiger partial charge in [0.05, 0.1) is 19.1 Å². The van der Waals surface area contributed by atoms with Crippen LogP contribution in [0.3, 0.4) is 0 Å². The Kier molecular flexibility index (Phi) is 9.33. The number of alkyl halides is 2. The van der Waals surface area contributed by atoms with Gasteiger partial charge in [-0.25, -0.2) is 17.6 Å². The van der Waals surface area contributed by atoms with E-state index in [1.54, 1.807) is 12.1 Å². The molecule has 6 nitrogen and oxygen atoms in total. The number of likely N-dealkylation sites (tertiary alicyclic amines) is 1. The Hall–Kier alpha value is -3.63. The van der Waals surface area contributed by atoms with Crippen molar-refractivity contribution in [2.45, 2.75) is 51.2 Å². The number of benzene rings is 3. The number of carboxylic acid groups (broad SMARTS) is 1. The molecule has 2 saturated heterocycles. The maximum Gasteiger partial charge on any atom is 0.317 e. The van der Waals surface area contributed by atoms with Gasteiger partial charge in [-0.2, -0.15) is 0 Å². The molecule has 3 heterocycles. The van der Waals surface area contributed by atoms with E-state index in [0.29, 0.717) is 49.7 Å². The molecule has 3 aromatic rings. The Morgan fingerprint density at radius 3 is 2.40 bits per heavy atom. The van der Waals surface area contributed by atoms with Crippen molar-refractivity contribution in [2.24, 2.45) is 5.41 Å². The van der Waals surface area contributed by atoms with Crippen LogP contribution in [0.5, 0.6) is 5.75 Å². The summed E-state index contributed by atoms with van der Waals surface area (Å²) in [5, 5.41) is 9.30. The normalized spacial score (nSPS) is 22.5. The highest BCUT2D eigenvalue weighted by molar-refractivity contribution is 5.69. The molecule has 3 aromatic carbocycles. The second-order valence-corrected chi connectivity index (χ2v) is 12.7. The lowest BCUT2D eigenvalue weighted by molar-refractivity contribution is -0.139. The van der Waals surface area contributed by atoms with Crippen molar-refractivity contribution in [3.8, 4) is 5.75 Å². The van der Waals surface area contributed by atoms with Gasteiger partial charge in [0.2, 0.25) is 0 Å². The fraction of sp³-hybridized carbons (Fsp3) is 0.457. The highest BCUT2D eigenvalue weighted by atomic mass is 19.3. The summed E-state index contributed by atoms with van der Waals surface area (Å²) >= 11 is 0. The maximum absolute atomic E-state index is 16.1. The van der Waals surface area contributed by atoms with Crippen molar-refractivity contribution in [1.82, 2.24) is 9.80 Å². The van der Waals surface area contributed by atoms with Crippen LogP contribution >= 0.6 is 0 Å². The molecule has 0 bridgehead atoms. The van der Waals surface area contributed by atoms with Crippen LogP contribution in [-0.2, 0) is 17.8 Å². The number of aliphatic carboxylic acids is 1. The Balaban J connectivity index is 1.26. The fourth-order valence-corrected chi connectivity index (χ4v) is 7.61. The molecule has 240 valence electrons. The van der Waals surface area contributed by atoms with Gasteiger partial charge in [-0.05, 0) is 79.6 Å². The van der Waals surface area contributed by atoms with Gasteiger partial charge < -0.3 is 14.7 Å². The molecule has 0 aliphatic carbocycles. The van der Waals surface area contributed by atoms with Gasteiger partial charge in [-0.3, -0.25) is 14.6 Å². The highest BCUT2D eigenvalue weighted by Gasteiger charge is 2.40. The number of anilines is 1. The van der Waals surface area contributed by atoms with E-state index in [9.17, 15) is 18.7 Å². The molecule has 2 atom stereocenters. The first-order valence-electron chi connectivity index (χ1n) is 15.7. The molecule has 1 N–H and O–H groups in total. The molecule has 10 heteroatoms. The average molecular weight is 626 g/mol. The standard InChI is InChI=1S/C35H39F4N3O3/c36-29-17-26(42-14-5-12-35(23-42)11-4-13-40(22-35)20-32(43)44)18-30(37)33(29)34-28-9-8-27(45-21-24-6-2-1-3-7-24)16-25(28)10-15-41(34)19-31(38)39/h1-3,6-9,16-18,31,34H,4-5,10-15,19-23H2,(H,43,44). The zero-order valence-electron chi connectivity index (χ0n) is 25.2. The van der Waals surface area contributed by atoms with E-state index < -0.39 is 36.6 Å². The number of rotatable bonds is 9. The Bertz CT molecular complexity index is 1480. The SMILES string of the molecule is O=C(O)CN1CCCC2(CCCN(c3cc(F)c(C4c5ccc(OCc6ccccc6)cc5CCN4CC(F)F)c(F)c3)C2)C1. The number of carbonyl (C=O) groups is 1. The quantitative estimate of drug-likeness (QED) is 0.273. The first-order valence-corrected chi connectivity index (χ1v) is 15.7. The third kappa shape index (κ3) is 7.12. The molecule has 0 aromatic heterocycles. The van der Waals surface area contributed by atoms with E-state index in [1.807, 2.05) is 46.2 Å². The van der Waals surface area contributed by atoms with Crippen molar-refractivity contribution in [3.63, 3.8) is 0 Å². The van der Waals surface area contributed by atoms with Crippen LogP contribution in [-0.4, -0.2) is 73.1 Å². The summed E-state index contributed by atoms with van der Waals surface area (Å²) in [4.78, 5) is 16.7. The van der Waals surface area contributed by atoms with Gasteiger partial charge in [-0.15, -0.1) is 0 Å². The first-order chi connectivity index (χ1) is 21.7. The third-order valence-corrected chi connectivity index (χ3v) is 9.53. The van der Waals surface area contributed by atoms with E-state index in [1.165, 1.54) is 17.0 Å². The molecule has 2 unspecified atom stereocenters. The van der Waals surface area contributed by atoms with E-state index >= 15 is 8.78 Å². The van der Waals surface area contributed by atoms with E-state index in [4.69, 9.17) is 4.74 Å². The number of hydrogen-bond acceptors (Lipinski definition) is 5. The van der Waals surface area contributed by atoms with Crippen molar-refractivity contribution in [1.29, 1.82) is 0 Å². The lowest BCUT2D eigenvalue weighted by Gasteiger charge is -2.49. The second kappa shape index (κ2) is 13.4. The van der Waals surface area contributed by atoms with Crippen LogP contribution in [0.2, 0.25) is 0 Å². The zero-order valence-corrected chi connectivity index (χ0v) is 25.2. The monoisotopic (exact) mass is 625 g/mol. The number of piperidine rings is 2. The molecule has 3 aliphatic rings. The molecule has 0 radical (unpaired) electrons. The molecular weight excluding hydrogens is 586 g/mol. The van der Waals surface area contributed by atoms with Gasteiger partial charge in [0, 0.05) is 42.8 Å². The number of hydrogen-bond donors (Lipinski definition) is 1. The number of nitrogens with zero attached hydrogens (tertiary/aromatic N) is 3. The minimum absolute atomic E-state index is 0.0155. The number of ether oxygens (including phenoxy) is 1. The molecule has 3 aliphatic heterocycles. The van der Waals surface area contributed by atoms with Crippen LogP contribution in [0.15, 0.2) is 60.7 Å². The maximum atomic E-state index is 16.1. The second-order valence-electron chi connectivity index (χ2n) is 12.7. The van der Waals surface area contributed by atoms with Crippen LogP contribution < -0.4 is 9.64 Å². The summed E-state index contributed by atoms with van der Waals surface area (Å²) in [7, 11) is 0. The van der Waals surface area contributed by atoms with Crippen molar-refractivity contribution < 1.29 is 32.2 Å². The summed E-state index contributed by atoms with van der Waals surface area (Å²) in [6.45, 7) is 2.55. The minimum atomic E-state index is -2.66. The topological polar surface area (TPSA) is 56.3 Å². The highest BCUT2D eigenvalue weighted by Crippen LogP contribution is 2.43. The summed E-state index contributed by atoms with van der Waals surface area (Å²) in [5.41, 5.74) is 2.46. The average Bonchev–Trinajstić information content (AvgIpc) is 3.00. The number of carboxylic acids is 1. The number of fused-ring (bicyclic) bond motifs is 1. The van der Waals surface area contributed by atoms with Crippen molar-refractivity contribution in [2.75, 3.05) is 50.7 Å². The largest absolute Gasteiger partial charge is 0.489 e. The Morgan fingerprint density at radius 1 is 0.956 bits per heavy atom. The summed E-state index contributed by atoms with van der Waals surface area (Å²) in [6, 6.07) is 16.7. The summed E-state index contributed by atoms with van der Waals surface area (Å²) in [5.74, 6) is -1.77. The number of halogens is 4. The van der Waals surface area contributed by atoms with Crippen LogP contribution in [0.25, 0.3) is 0 Å². The molecule has 2 fully saturated rings.